The van der Waals surface area contributed by atoms with E-state index >= 15 is 0 Å². The number of rotatable bonds is 4. The average molecular weight is 392 g/mol. The molecule has 28 heavy (non-hydrogen) atoms. The van der Waals surface area contributed by atoms with E-state index in [9.17, 15) is 4.79 Å². The molecule has 1 aromatic heterocycles. The van der Waals surface area contributed by atoms with E-state index in [1.807, 2.05) is 0 Å². The molecule has 0 N–H and O–H groups in total. The highest BCUT2D eigenvalue weighted by Crippen LogP contribution is 2.34. The Morgan fingerprint density at radius 3 is 2.36 bits per heavy atom. The zero-order chi connectivity index (χ0) is 19.5. The first kappa shape index (κ1) is 18.6. The van der Waals surface area contributed by atoms with Crippen molar-refractivity contribution >= 4 is 23.2 Å². The van der Waals surface area contributed by atoms with E-state index in [4.69, 9.17) is 11.6 Å². The Morgan fingerprint density at radius 2 is 1.68 bits per heavy atom. The number of carbonyl (C=O) groups excluding carboxylic acids is 1. The van der Waals surface area contributed by atoms with Crippen LogP contribution < -0.4 is 4.90 Å². The van der Waals surface area contributed by atoms with Crippen LogP contribution in [0.5, 0.6) is 0 Å². The van der Waals surface area contributed by atoms with Crippen LogP contribution in [0.15, 0.2) is 60.9 Å². The number of halogens is 1. The molecule has 1 amide bonds. The summed E-state index contributed by atoms with van der Waals surface area (Å²) in [5.74, 6) is 0.473. The van der Waals surface area contributed by atoms with E-state index in [2.05, 4.69) is 34.2 Å². The Balaban J connectivity index is 1.55. The minimum Gasteiger partial charge on any atom is -0.310 e. The number of nitrogens with zero attached hydrogens (tertiary/aromatic N) is 3. The van der Waals surface area contributed by atoms with Crippen LogP contribution in [0.2, 0.25) is 5.02 Å². The van der Waals surface area contributed by atoms with Crippen LogP contribution in [0, 0.1) is 0 Å². The van der Waals surface area contributed by atoms with Gasteiger partial charge in [-0.1, -0.05) is 48.7 Å². The smallest absolute Gasteiger partial charge is 0.278 e. The summed E-state index contributed by atoms with van der Waals surface area (Å²) >= 11 is 5.93. The van der Waals surface area contributed by atoms with Crippen LogP contribution in [0.4, 0.5) is 5.69 Å². The van der Waals surface area contributed by atoms with Crippen LogP contribution in [0.1, 0.15) is 47.7 Å². The summed E-state index contributed by atoms with van der Waals surface area (Å²) < 4.78 is 0. The highest BCUT2D eigenvalue weighted by atomic mass is 35.5. The lowest BCUT2D eigenvalue weighted by atomic mass is 9.96. The monoisotopic (exact) mass is 391 g/mol. The van der Waals surface area contributed by atoms with Crippen molar-refractivity contribution in [2.24, 2.45) is 0 Å². The molecular weight excluding hydrogens is 370 g/mol. The number of anilines is 1. The number of carbonyl (C=O) groups is 1. The first-order valence-electron chi connectivity index (χ1n) is 9.58. The minimum atomic E-state index is -0.209. The molecule has 1 fully saturated rings. The molecule has 0 atom stereocenters. The fourth-order valence-corrected chi connectivity index (χ4v) is 3.87. The van der Waals surface area contributed by atoms with Gasteiger partial charge in [0, 0.05) is 23.3 Å². The number of hydrogen-bond donors (Lipinski definition) is 0. The molecular formula is C23H22ClN3O. The molecule has 1 saturated carbocycles. The predicted octanol–water partition coefficient (Wildman–Crippen LogP) is 5.73. The third-order valence-electron chi connectivity index (χ3n) is 5.41. The van der Waals surface area contributed by atoms with E-state index in [0.29, 0.717) is 22.3 Å². The molecule has 3 aromatic rings. The summed E-state index contributed by atoms with van der Waals surface area (Å²) in [4.78, 5) is 23.2. The standard InChI is InChI=1S/C23H22ClN3O/c1-27(20-12-10-19(24)11-13-20)23(28)22-15-25-14-21(26-22)18-8-6-17(7-9-18)16-4-2-3-5-16/h6-16H,2-5H2,1H3. The van der Waals surface area contributed by atoms with Gasteiger partial charge < -0.3 is 4.90 Å². The van der Waals surface area contributed by atoms with Gasteiger partial charge in [-0.15, -0.1) is 0 Å². The fourth-order valence-electron chi connectivity index (χ4n) is 3.75. The molecule has 2 aromatic carbocycles. The predicted molar refractivity (Wildman–Crippen MR) is 113 cm³/mol. The molecule has 0 bridgehead atoms. The Labute approximate surface area is 170 Å². The summed E-state index contributed by atoms with van der Waals surface area (Å²) in [7, 11) is 1.72. The molecule has 1 aliphatic rings. The highest BCUT2D eigenvalue weighted by molar-refractivity contribution is 6.30. The largest absolute Gasteiger partial charge is 0.310 e. The van der Waals surface area contributed by atoms with Gasteiger partial charge in [0.1, 0.15) is 5.69 Å². The third kappa shape index (κ3) is 3.92. The maximum absolute atomic E-state index is 12.8. The maximum atomic E-state index is 12.8. The van der Waals surface area contributed by atoms with Gasteiger partial charge in [0.2, 0.25) is 0 Å². The van der Waals surface area contributed by atoms with E-state index in [0.717, 1.165) is 11.3 Å². The number of aromatic nitrogens is 2. The zero-order valence-electron chi connectivity index (χ0n) is 15.8. The molecule has 0 saturated heterocycles. The molecule has 0 unspecified atom stereocenters. The molecule has 5 heteroatoms. The summed E-state index contributed by atoms with van der Waals surface area (Å²) in [6.07, 6.45) is 8.40. The Kier molecular flexibility index (Phi) is 5.40. The van der Waals surface area contributed by atoms with Crippen LogP contribution in [-0.4, -0.2) is 22.9 Å². The average Bonchev–Trinajstić information content (AvgIpc) is 3.28. The summed E-state index contributed by atoms with van der Waals surface area (Å²) in [6.45, 7) is 0. The SMILES string of the molecule is CN(C(=O)c1cncc(-c2ccc(C3CCCC3)cc2)n1)c1ccc(Cl)cc1. The van der Waals surface area contributed by atoms with Gasteiger partial charge >= 0.3 is 0 Å². The third-order valence-corrected chi connectivity index (χ3v) is 5.66. The van der Waals surface area contributed by atoms with Crippen molar-refractivity contribution in [2.45, 2.75) is 31.6 Å². The quantitative estimate of drug-likeness (QED) is 0.570. The van der Waals surface area contributed by atoms with Gasteiger partial charge in [-0.2, -0.15) is 0 Å². The number of benzene rings is 2. The van der Waals surface area contributed by atoms with Gasteiger partial charge in [-0.25, -0.2) is 4.98 Å². The van der Waals surface area contributed by atoms with Crippen molar-refractivity contribution < 1.29 is 4.79 Å². The van der Waals surface area contributed by atoms with Gasteiger partial charge in [0.25, 0.3) is 5.91 Å². The number of hydrogen-bond acceptors (Lipinski definition) is 3. The van der Waals surface area contributed by atoms with Crippen molar-refractivity contribution in [3.63, 3.8) is 0 Å². The van der Waals surface area contributed by atoms with Crippen LogP contribution in [-0.2, 0) is 0 Å². The molecule has 4 rings (SSSR count). The molecule has 142 valence electrons. The fraction of sp³-hybridized carbons (Fsp3) is 0.261. The van der Waals surface area contributed by atoms with E-state index in [1.54, 1.807) is 42.4 Å². The second kappa shape index (κ2) is 8.11. The second-order valence-electron chi connectivity index (χ2n) is 7.23. The molecule has 0 radical (unpaired) electrons. The summed E-state index contributed by atoms with van der Waals surface area (Å²) in [5.41, 5.74) is 4.13. The molecule has 4 nitrogen and oxygen atoms in total. The topological polar surface area (TPSA) is 46.1 Å². The molecule has 0 spiro atoms. The maximum Gasteiger partial charge on any atom is 0.278 e. The lowest BCUT2D eigenvalue weighted by molar-refractivity contribution is 0.0988. The van der Waals surface area contributed by atoms with E-state index < -0.39 is 0 Å². The van der Waals surface area contributed by atoms with Crippen molar-refractivity contribution in [3.05, 3.63) is 77.2 Å². The van der Waals surface area contributed by atoms with Crippen LogP contribution in [0.25, 0.3) is 11.3 Å². The van der Waals surface area contributed by atoms with Crippen molar-refractivity contribution in [1.82, 2.24) is 9.97 Å². The minimum absolute atomic E-state index is 0.209. The van der Waals surface area contributed by atoms with E-state index in [-0.39, 0.29) is 5.91 Å². The van der Waals surface area contributed by atoms with Crippen molar-refractivity contribution in [1.29, 1.82) is 0 Å². The summed E-state index contributed by atoms with van der Waals surface area (Å²) in [5, 5.41) is 0.632. The van der Waals surface area contributed by atoms with Crippen molar-refractivity contribution in [2.75, 3.05) is 11.9 Å². The van der Waals surface area contributed by atoms with Gasteiger partial charge in [-0.05, 0) is 48.6 Å². The van der Waals surface area contributed by atoms with Gasteiger partial charge in [-0.3, -0.25) is 9.78 Å². The summed E-state index contributed by atoms with van der Waals surface area (Å²) in [6, 6.07) is 15.6. The van der Waals surface area contributed by atoms with E-state index in [1.165, 1.54) is 37.4 Å². The molecule has 1 heterocycles. The lowest BCUT2D eigenvalue weighted by Gasteiger charge is -2.17. The highest BCUT2D eigenvalue weighted by Gasteiger charge is 2.18. The Bertz CT molecular complexity index is 964. The first-order valence-corrected chi connectivity index (χ1v) is 9.95. The van der Waals surface area contributed by atoms with Crippen molar-refractivity contribution in [3.8, 4) is 11.3 Å². The molecule has 0 aliphatic heterocycles. The second-order valence-corrected chi connectivity index (χ2v) is 7.67. The Hall–Kier alpha value is -2.72. The zero-order valence-corrected chi connectivity index (χ0v) is 16.6. The van der Waals surface area contributed by atoms with Crippen LogP contribution >= 0.6 is 11.6 Å². The number of amides is 1. The van der Waals surface area contributed by atoms with Gasteiger partial charge in [0.05, 0.1) is 18.1 Å². The molecule has 1 aliphatic carbocycles. The van der Waals surface area contributed by atoms with Crippen LogP contribution in [0.3, 0.4) is 0 Å². The lowest BCUT2D eigenvalue weighted by Crippen LogP contribution is -2.27. The van der Waals surface area contributed by atoms with Gasteiger partial charge in [0.15, 0.2) is 0 Å². The Morgan fingerprint density at radius 1 is 1.00 bits per heavy atom. The normalized spacial score (nSPS) is 14.2. The first-order chi connectivity index (χ1) is 13.6.